The van der Waals surface area contributed by atoms with Crippen LogP contribution in [0.1, 0.15) is 57.8 Å². The maximum absolute atomic E-state index is 5.98. The van der Waals surface area contributed by atoms with E-state index in [1.54, 1.807) is 0 Å². The van der Waals surface area contributed by atoms with Crippen molar-refractivity contribution in [1.29, 1.82) is 0 Å². The van der Waals surface area contributed by atoms with Crippen molar-refractivity contribution in [3.05, 3.63) is 0 Å². The second-order valence-corrected chi connectivity index (χ2v) is 6.32. The van der Waals surface area contributed by atoms with Crippen molar-refractivity contribution in [2.75, 3.05) is 6.54 Å². The van der Waals surface area contributed by atoms with Gasteiger partial charge in [0.05, 0.1) is 0 Å². The zero-order valence-corrected chi connectivity index (χ0v) is 10.8. The van der Waals surface area contributed by atoms with Gasteiger partial charge in [-0.3, -0.25) is 4.99 Å². The summed E-state index contributed by atoms with van der Waals surface area (Å²) in [6.07, 6.45) is 12.3. The maximum Gasteiger partial charge on any atom is 0.188 e. The molecule has 3 aliphatic rings. The molecule has 0 amide bonds. The quantitative estimate of drug-likeness (QED) is 0.448. The Hall–Kier alpha value is -0.730. The van der Waals surface area contributed by atoms with Crippen LogP contribution in [-0.2, 0) is 0 Å². The molecule has 0 heterocycles. The van der Waals surface area contributed by atoms with Crippen LogP contribution in [0.2, 0.25) is 0 Å². The summed E-state index contributed by atoms with van der Waals surface area (Å²) in [5.41, 5.74) is 6.74. The van der Waals surface area contributed by atoms with Crippen molar-refractivity contribution in [3.63, 3.8) is 0 Å². The van der Waals surface area contributed by atoms with E-state index in [0.717, 1.165) is 17.9 Å². The predicted octanol–water partition coefficient (Wildman–Crippen LogP) is 2.41. The van der Waals surface area contributed by atoms with Crippen molar-refractivity contribution < 1.29 is 0 Å². The van der Waals surface area contributed by atoms with Crippen molar-refractivity contribution in [1.82, 2.24) is 5.32 Å². The van der Waals surface area contributed by atoms with Gasteiger partial charge in [0, 0.05) is 12.6 Å². The molecule has 17 heavy (non-hydrogen) atoms. The van der Waals surface area contributed by atoms with Gasteiger partial charge in [-0.05, 0) is 43.4 Å². The Balaban J connectivity index is 1.41. The van der Waals surface area contributed by atoms with E-state index in [-0.39, 0.29) is 0 Å². The maximum atomic E-state index is 5.98. The summed E-state index contributed by atoms with van der Waals surface area (Å²) >= 11 is 0. The molecule has 3 nitrogen and oxygen atoms in total. The van der Waals surface area contributed by atoms with Crippen LogP contribution in [-0.4, -0.2) is 18.5 Å². The minimum absolute atomic E-state index is 0.579. The Labute approximate surface area is 104 Å². The van der Waals surface area contributed by atoms with Gasteiger partial charge < -0.3 is 11.1 Å². The van der Waals surface area contributed by atoms with E-state index >= 15 is 0 Å². The van der Waals surface area contributed by atoms with Crippen LogP contribution in [0.25, 0.3) is 0 Å². The fraction of sp³-hybridized carbons (Fsp3) is 0.929. The topological polar surface area (TPSA) is 50.4 Å². The lowest BCUT2D eigenvalue weighted by molar-refractivity contribution is 0.529. The van der Waals surface area contributed by atoms with E-state index in [0.29, 0.717) is 12.0 Å². The molecule has 0 bridgehead atoms. The molecule has 3 aliphatic carbocycles. The molecule has 0 aliphatic heterocycles. The van der Waals surface area contributed by atoms with Crippen molar-refractivity contribution >= 4 is 5.96 Å². The molecule has 3 rings (SSSR count). The van der Waals surface area contributed by atoms with Gasteiger partial charge in [-0.15, -0.1) is 0 Å². The van der Waals surface area contributed by atoms with Gasteiger partial charge in [-0.25, -0.2) is 0 Å². The van der Waals surface area contributed by atoms with Crippen LogP contribution in [0, 0.1) is 11.3 Å². The van der Waals surface area contributed by atoms with Gasteiger partial charge in [0.1, 0.15) is 0 Å². The first-order valence-electron chi connectivity index (χ1n) is 7.35. The first kappa shape index (κ1) is 11.4. The van der Waals surface area contributed by atoms with E-state index in [9.17, 15) is 0 Å². The lowest BCUT2D eigenvalue weighted by atomic mass is 10.1. The average molecular weight is 235 g/mol. The molecule has 3 heteroatoms. The molecule has 1 spiro atoms. The van der Waals surface area contributed by atoms with E-state index in [1.807, 2.05) is 0 Å². The summed E-state index contributed by atoms with van der Waals surface area (Å²) in [6.45, 7) is 0.964. The van der Waals surface area contributed by atoms with Gasteiger partial charge in [0.2, 0.25) is 0 Å². The summed E-state index contributed by atoms with van der Waals surface area (Å²) in [7, 11) is 0. The third-order valence-corrected chi connectivity index (χ3v) is 4.94. The van der Waals surface area contributed by atoms with Gasteiger partial charge in [0.15, 0.2) is 5.96 Å². The normalized spacial score (nSPS) is 32.2. The number of nitrogens with one attached hydrogen (secondary N) is 1. The minimum Gasteiger partial charge on any atom is -0.370 e. The predicted molar refractivity (Wildman–Crippen MR) is 70.9 cm³/mol. The molecule has 0 aromatic heterocycles. The zero-order chi connectivity index (χ0) is 11.7. The molecular weight excluding hydrogens is 210 g/mol. The average Bonchev–Trinajstić information content (AvgIpc) is 3.20. The van der Waals surface area contributed by atoms with Crippen LogP contribution in [0.4, 0.5) is 0 Å². The standard InChI is InChI=1S/C14H25N3/c15-13(16-10-11-9-14(11)7-8-14)17-12-5-3-1-2-4-6-12/h11-12H,1-10H2,(H3,15,16,17). The zero-order valence-electron chi connectivity index (χ0n) is 10.8. The van der Waals surface area contributed by atoms with Gasteiger partial charge in [-0.1, -0.05) is 25.7 Å². The van der Waals surface area contributed by atoms with Gasteiger partial charge in [-0.2, -0.15) is 0 Å². The molecule has 1 atom stereocenters. The second-order valence-electron chi connectivity index (χ2n) is 6.32. The van der Waals surface area contributed by atoms with Crippen LogP contribution < -0.4 is 11.1 Å². The molecule has 0 saturated heterocycles. The first-order chi connectivity index (χ1) is 8.28. The largest absolute Gasteiger partial charge is 0.370 e. The highest BCUT2D eigenvalue weighted by atomic mass is 15.1. The van der Waals surface area contributed by atoms with E-state index in [2.05, 4.69) is 10.3 Å². The summed E-state index contributed by atoms with van der Waals surface area (Å²) in [6, 6.07) is 0.579. The molecule has 1 unspecified atom stereocenters. The SMILES string of the molecule is NC(=NCC1CC12CC2)NC1CCCCCC1. The minimum atomic E-state index is 0.579. The lowest BCUT2D eigenvalue weighted by Gasteiger charge is -2.16. The number of hydrogen-bond donors (Lipinski definition) is 2. The first-order valence-corrected chi connectivity index (χ1v) is 7.35. The molecule has 0 aromatic carbocycles. The second kappa shape index (κ2) is 4.51. The molecule has 3 saturated carbocycles. The Kier molecular flexibility index (Phi) is 3.01. The summed E-state index contributed by atoms with van der Waals surface area (Å²) in [5, 5.41) is 3.42. The number of nitrogens with two attached hydrogens (primary N) is 1. The fourth-order valence-electron chi connectivity index (χ4n) is 3.35. The van der Waals surface area contributed by atoms with Crippen LogP contribution >= 0.6 is 0 Å². The van der Waals surface area contributed by atoms with Crippen LogP contribution in [0.3, 0.4) is 0 Å². The number of guanidine groups is 1. The van der Waals surface area contributed by atoms with Crippen LogP contribution in [0.5, 0.6) is 0 Å². The molecule has 0 aromatic rings. The third kappa shape index (κ3) is 2.75. The molecule has 96 valence electrons. The lowest BCUT2D eigenvalue weighted by Crippen LogP contribution is -2.40. The van der Waals surface area contributed by atoms with E-state index in [1.165, 1.54) is 57.8 Å². The van der Waals surface area contributed by atoms with E-state index < -0.39 is 0 Å². The smallest absolute Gasteiger partial charge is 0.188 e. The number of aliphatic imine (C=N–C) groups is 1. The van der Waals surface area contributed by atoms with Crippen molar-refractivity contribution in [2.45, 2.75) is 63.8 Å². The summed E-state index contributed by atoms with van der Waals surface area (Å²) in [5.74, 6) is 1.55. The third-order valence-electron chi connectivity index (χ3n) is 4.94. The Bertz CT molecular complexity index is 299. The molecule has 3 N–H and O–H groups in total. The van der Waals surface area contributed by atoms with Crippen molar-refractivity contribution in [2.24, 2.45) is 22.1 Å². The Morgan fingerprint density at radius 3 is 2.47 bits per heavy atom. The number of nitrogens with zero attached hydrogens (tertiary/aromatic N) is 1. The van der Waals surface area contributed by atoms with E-state index in [4.69, 9.17) is 5.73 Å². The Morgan fingerprint density at radius 1 is 1.18 bits per heavy atom. The molecule has 3 fully saturated rings. The van der Waals surface area contributed by atoms with Crippen molar-refractivity contribution in [3.8, 4) is 0 Å². The number of rotatable bonds is 3. The summed E-state index contributed by atoms with van der Waals surface area (Å²) in [4.78, 5) is 4.53. The highest BCUT2D eigenvalue weighted by molar-refractivity contribution is 5.78. The van der Waals surface area contributed by atoms with Crippen LogP contribution in [0.15, 0.2) is 4.99 Å². The fourth-order valence-corrected chi connectivity index (χ4v) is 3.35. The molecular formula is C14H25N3. The Morgan fingerprint density at radius 2 is 1.88 bits per heavy atom. The highest BCUT2D eigenvalue weighted by Crippen LogP contribution is 2.70. The van der Waals surface area contributed by atoms with Gasteiger partial charge >= 0.3 is 0 Å². The van der Waals surface area contributed by atoms with Gasteiger partial charge in [0.25, 0.3) is 0 Å². The molecule has 0 radical (unpaired) electrons. The monoisotopic (exact) mass is 235 g/mol. The number of hydrogen-bond acceptors (Lipinski definition) is 1. The summed E-state index contributed by atoms with van der Waals surface area (Å²) < 4.78 is 0. The highest BCUT2D eigenvalue weighted by Gasteiger charge is 2.62.